The standard InChI is InChI=1S/C17H25ClN6O/c1-13-22-23-16(24(13)2)12-21-17(19-9-4-10-25-3)20-11-14-5-7-15(18)8-6-14/h5-8H,4,9-12H2,1-3H3,(H2,19,20,21). The van der Waals surface area contributed by atoms with Crippen molar-refractivity contribution in [1.82, 2.24) is 25.4 Å². The number of nitrogens with zero attached hydrogens (tertiary/aromatic N) is 4. The van der Waals surface area contributed by atoms with E-state index < -0.39 is 0 Å². The first-order chi connectivity index (χ1) is 12.1. The van der Waals surface area contributed by atoms with Crippen LogP contribution in [0, 0.1) is 6.92 Å². The lowest BCUT2D eigenvalue weighted by Gasteiger charge is -2.12. The van der Waals surface area contributed by atoms with E-state index in [1.54, 1.807) is 7.11 Å². The zero-order valence-electron chi connectivity index (χ0n) is 14.9. The number of aryl methyl sites for hydroxylation is 1. The minimum atomic E-state index is 0.550. The van der Waals surface area contributed by atoms with E-state index in [-0.39, 0.29) is 0 Å². The molecule has 1 aromatic heterocycles. The van der Waals surface area contributed by atoms with Crippen molar-refractivity contribution in [2.45, 2.75) is 26.4 Å². The van der Waals surface area contributed by atoms with Gasteiger partial charge >= 0.3 is 0 Å². The van der Waals surface area contributed by atoms with Crippen LogP contribution < -0.4 is 10.6 Å². The summed E-state index contributed by atoms with van der Waals surface area (Å²) < 4.78 is 7.03. The molecule has 0 spiro atoms. The third-order valence-corrected chi connectivity index (χ3v) is 4.00. The monoisotopic (exact) mass is 364 g/mol. The molecule has 0 aliphatic rings. The van der Waals surface area contributed by atoms with Crippen molar-refractivity contribution in [3.8, 4) is 0 Å². The summed E-state index contributed by atoms with van der Waals surface area (Å²) in [5, 5.41) is 15.6. The van der Waals surface area contributed by atoms with E-state index >= 15 is 0 Å². The molecule has 0 unspecified atom stereocenters. The first-order valence-electron chi connectivity index (χ1n) is 8.20. The topological polar surface area (TPSA) is 76.4 Å². The number of aromatic nitrogens is 3. The Bertz CT molecular complexity index is 683. The van der Waals surface area contributed by atoms with E-state index in [2.05, 4.69) is 25.8 Å². The number of ether oxygens (including phenoxy) is 1. The largest absolute Gasteiger partial charge is 0.385 e. The van der Waals surface area contributed by atoms with Crippen LogP contribution in [0.1, 0.15) is 23.6 Å². The van der Waals surface area contributed by atoms with Crippen LogP contribution in [0.2, 0.25) is 5.02 Å². The zero-order chi connectivity index (χ0) is 18.1. The molecule has 0 amide bonds. The van der Waals surface area contributed by atoms with Crippen LogP contribution in [-0.2, 0) is 24.9 Å². The SMILES string of the molecule is COCCCNC(=NCc1ccc(Cl)cc1)NCc1nnc(C)n1C. The number of methoxy groups -OCH3 is 1. The van der Waals surface area contributed by atoms with Crippen LogP contribution in [0.4, 0.5) is 0 Å². The summed E-state index contributed by atoms with van der Waals surface area (Å²) in [4.78, 5) is 4.63. The lowest BCUT2D eigenvalue weighted by Crippen LogP contribution is -2.38. The van der Waals surface area contributed by atoms with E-state index in [0.717, 1.165) is 41.2 Å². The number of nitrogens with one attached hydrogen (secondary N) is 2. The number of guanidine groups is 1. The van der Waals surface area contributed by atoms with Crippen molar-refractivity contribution in [3.05, 3.63) is 46.5 Å². The predicted octanol–water partition coefficient (Wildman–Crippen LogP) is 2.05. The van der Waals surface area contributed by atoms with Gasteiger partial charge in [-0.15, -0.1) is 10.2 Å². The maximum atomic E-state index is 5.92. The molecule has 0 saturated carbocycles. The van der Waals surface area contributed by atoms with Gasteiger partial charge in [0.2, 0.25) is 0 Å². The number of hydrogen-bond donors (Lipinski definition) is 2. The molecule has 8 heteroatoms. The van der Waals surface area contributed by atoms with Gasteiger partial charge in [-0.3, -0.25) is 0 Å². The van der Waals surface area contributed by atoms with Gasteiger partial charge < -0.3 is 19.9 Å². The Balaban J connectivity index is 1.96. The normalized spacial score (nSPS) is 11.6. The number of rotatable bonds is 8. The van der Waals surface area contributed by atoms with Gasteiger partial charge in [-0.05, 0) is 31.0 Å². The predicted molar refractivity (Wildman–Crippen MR) is 99.7 cm³/mol. The molecule has 0 aliphatic carbocycles. The van der Waals surface area contributed by atoms with Gasteiger partial charge in [-0.2, -0.15) is 0 Å². The molecule has 0 radical (unpaired) electrons. The number of benzene rings is 1. The number of halogens is 1. The van der Waals surface area contributed by atoms with E-state index in [4.69, 9.17) is 16.3 Å². The van der Waals surface area contributed by atoms with Crippen molar-refractivity contribution in [2.75, 3.05) is 20.3 Å². The zero-order valence-corrected chi connectivity index (χ0v) is 15.7. The Labute approximate surface area is 153 Å². The van der Waals surface area contributed by atoms with Gasteiger partial charge in [0, 0.05) is 32.3 Å². The molecule has 0 aliphatic heterocycles. The molecular formula is C17H25ClN6O. The fourth-order valence-electron chi connectivity index (χ4n) is 2.13. The fraction of sp³-hybridized carbons (Fsp3) is 0.471. The van der Waals surface area contributed by atoms with Gasteiger partial charge in [0.1, 0.15) is 5.82 Å². The molecule has 2 aromatic rings. The Morgan fingerprint density at radius 2 is 2.00 bits per heavy atom. The van der Waals surface area contributed by atoms with Crippen molar-refractivity contribution in [2.24, 2.45) is 12.0 Å². The second-order valence-electron chi connectivity index (χ2n) is 5.64. The van der Waals surface area contributed by atoms with Crippen LogP contribution in [0.3, 0.4) is 0 Å². The lowest BCUT2D eigenvalue weighted by atomic mass is 10.2. The second-order valence-corrected chi connectivity index (χ2v) is 6.08. The van der Waals surface area contributed by atoms with Crippen LogP contribution in [0.25, 0.3) is 0 Å². The smallest absolute Gasteiger partial charge is 0.191 e. The summed E-state index contributed by atoms with van der Waals surface area (Å²) in [6.45, 7) is 4.52. The van der Waals surface area contributed by atoms with Crippen molar-refractivity contribution in [1.29, 1.82) is 0 Å². The number of hydrogen-bond acceptors (Lipinski definition) is 4. The summed E-state index contributed by atoms with van der Waals surface area (Å²) in [7, 11) is 3.65. The molecule has 2 rings (SSSR count). The summed E-state index contributed by atoms with van der Waals surface area (Å²) in [5.74, 6) is 2.46. The highest BCUT2D eigenvalue weighted by atomic mass is 35.5. The maximum absolute atomic E-state index is 5.92. The third kappa shape index (κ3) is 6.36. The fourth-order valence-corrected chi connectivity index (χ4v) is 2.25. The molecule has 1 aromatic carbocycles. The lowest BCUT2D eigenvalue weighted by molar-refractivity contribution is 0.195. The molecule has 0 fully saturated rings. The average molecular weight is 365 g/mol. The summed E-state index contributed by atoms with van der Waals surface area (Å²) in [5.41, 5.74) is 1.09. The quantitative estimate of drug-likeness (QED) is 0.426. The van der Waals surface area contributed by atoms with Crippen molar-refractivity contribution in [3.63, 3.8) is 0 Å². The molecule has 0 bridgehead atoms. The Morgan fingerprint density at radius 3 is 2.64 bits per heavy atom. The highest BCUT2D eigenvalue weighted by Gasteiger charge is 2.06. The van der Waals surface area contributed by atoms with E-state index in [1.807, 2.05) is 42.8 Å². The van der Waals surface area contributed by atoms with Crippen molar-refractivity contribution < 1.29 is 4.74 Å². The minimum absolute atomic E-state index is 0.550. The van der Waals surface area contributed by atoms with Crippen LogP contribution >= 0.6 is 11.6 Å². The summed E-state index contributed by atoms with van der Waals surface area (Å²) >= 11 is 5.92. The van der Waals surface area contributed by atoms with Gasteiger partial charge in [0.25, 0.3) is 0 Å². The molecular weight excluding hydrogens is 340 g/mol. The highest BCUT2D eigenvalue weighted by Crippen LogP contribution is 2.10. The van der Waals surface area contributed by atoms with E-state index in [9.17, 15) is 0 Å². The van der Waals surface area contributed by atoms with Crippen molar-refractivity contribution >= 4 is 17.6 Å². The van der Waals surface area contributed by atoms with Gasteiger partial charge in [0.15, 0.2) is 11.8 Å². The summed E-state index contributed by atoms with van der Waals surface area (Å²) in [6.07, 6.45) is 0.904. The Hall–Kier alpha value is -2.12. The van der Waals surface area contributed by atoms with Gasteiger partial charge in [-0.25, -0.2) is 4.99 Å². The Kier molecular flexibility index (Phi) is 7.69. The second kappa shape index (κ2) is 10.0. The molecule has 25 heavy (non-hydrogen) atoms. The molecule has 136 valence electrons. The minimum Gasteiger partial charge on any atom is -0.385 e. The van der Waals surface area contributed by atoms with Crippen LogP contribution in [-0.4, -0.2) is 41.0 Å². The molecule has 7 nitrogen and oxygen atoms in total. The van der Waals surface area contributed by atoms with Crippen LogP contribution in [0.15, 0.2) is 29.3 Å². The third-order valence-electron chi connectivity index (χ3n) is 3.75. The first-order valence-corrected chi connectivity index (χ1v) is 8.58. The maximum Gasteiger partial charge on any atom is 0.191 e. The molecule has 0 atom stereocenters. The molecule has 0 saturated heterocycles. The number of aliphatic imine (C=N–C) groups is 1. The first kappa shape index (κ1) is 19.2. The average Bonchev–Trinajstić information content (AvgIpc) is 2.93. The molecule has 2 N–H and O–H groups in total. The molecule has 1 heterocycles. The van der Waals surface area contributed by atoms with E-state index in [1.165, 1.54) is 0 Å². The van der Waals surface area contributed by atoms with Gasteiger partial charge in [-0.1, -0.05) is 23.7 Å². The van der Waals surface area contributed by atoms with E-state index in [0.29, 0.717) is 19.7 Å². The Morgan fingerprint density at radius 1 is 1.24 bits per heavy atom. The van der Waals surface area contributed by atoms with Gasteiger partial charge in [0.05, 0.1) is 13.1 Å². The highest BCUT2D eigenvalue weighted by molar-refractivity contribution is 6.30. The summed E-state index contributed by atoms with van der Waals surface area (Å²) in [6, 6.07) is 7.68. The van der Waals surface area contributed by atoms with Crippen LogP contribution in [0.5, 0.6) is 0 Å².